The second-order valence-corrected chi connectivity index (χ2v) is 7.00. The Bertz CT molecular complexity index is 1040. The zero-order chi connectivity index (χ0) is 18.1. The standard InChI is InChI=1S/C18H15ClN2O4S/c1-2-21-13-7-14-15(25-10-24-14)8-16(13)26-18(21)20-17(22)9-23-12-5-3-11(19)4-6-12/h3-8H,2,9-10H2,1H3. The fourth-order valence-electron chi connectivity index (χ4n) is 2.67. The van der Waals surface area contributed by atoms with E-state index in [0.717, 1.165) is 10.2 Å². The number of carbonyl (C=O) groups is 1. The summed E-state index contributed by atoms with van der Waals surface area (Å²) < 4.78 is 19.3. The third-order valence-electron chi connectivity index (χ3n) is 3.89. The van der Waals surface area contributed by atoms with Gasteiger partial charge in [0.2, 0.25) is 6.79 Å². The van der Waals surface area contributed by atoms with Crippen LogP contribution in [-0.4, -0.2) is 23.9 Å². The number of benzene rings is 2. The Morgan fingerprint density at radius 3 is 2.73 bits per heavy atom. The molecule has 2 heterocycles. The highest BCUT2D eigenvalue weighted by Crippen LogP contribution is 2.36. The lowest BCUT2D eigenvalue weighted by molar-refractivity contribution is -0.120. The van der Waals surface area contributed by atoms with Crippen LogP contribution >= 0.6 is 22.9 Å². The fourth-order valence-corrected chi connectivity index (χ4v) is 3.91. The molecule has 0 saturated heterocycles. The van der Waals surface area contributed by atoms with Crippen molar-refractivity contribution >= 4 is 39.1 Å². The van der Waals surface area contributed by atoms with Gasteiger partial charge in [0.1, 0.15) is 5.75 Å². The highest BCUT2D eigenvalue weighted by atomic mass is 35.5. The predicted molar refractivity (Wildman–Crippen MR) is 99.1 cm³/mol. The largest absolute Gasteiger partial charge is 0.484 e. The van der Waals surface area contributed by atoms with Crippen molar-refractivity contribution in [3.05, 3.63) is 46.2 Å². The molecule has 2 aromatic carbocycles. The van der Waals surface area contributed by atoms with Gasteiger partial charge in [0.05, 0.1) is 10.2 Å². The van der Waals surface area contributed by atoms with E-state index >= 15 is 0 Å². The van der Waals surface area contributed by atoms with Crippen molar-refractivity contribution in [2.45, 2.75) is 13.5 Å². The molecular formula is C18H15ClN2O4S. The molecule has 0 radical (unpaired) electrons. The normalized spacial score (nSPS) is 13.4. The number of carbonyl (C=O) groups excluding carboxylic acids is 1. The molecule has 26 heavy (non-hydrogen) atoms. The van der Waals surface area contributed by atoms with E-state index in [1.165, 1.54) is 11.3 Å². The highest BCUT2D eigenvalue weighted by Gasteiger charge is 2.17. The van der Waals surface area contributed by atoms with Gasteiger partial charge >= 0.3 is 0 Å². The van der Waals surface area contributed by atoms with Gasteiger partial charge in [-0.15, -0.1) is 0 Å². The zero-order valence-electron chi connectivity index (χ0n) is 13.9. The first-order valence-corrected chi connectivity index (χ1v) is 9.22. The van der Waals surface area contributed by atoms with E-state index < -0.39 is 0 Å². The van der Waals surface area contributed by atoms with E-state index in [1.807, 2.05) is 23.6 Å². The molecule has 3 aromatic rings. The van der Waals surface area contributed by atoms with Gasteiger partial charge in [-0.3, -0.25) is 4.79 Å². The van der Waals surface area contributed by atoms with Gasteiger partial charge in [-0.05, 0) is 31.2 Å². The van der Waals surface area contributed by atoms with Crippen LogP contribution in [0.3, 0.4) is 0 Å². The summed E-state index contributed by atoms with van der Waals surface area (Å²) >= 11 is 7.26. The molecule has 0 saturated carbocycles. The maximum atomic E-state index is 12.2. The number of halogens is 1. The Morgan fingerprint density at radius 2 is 2.00 bits per heavy atom. The molecule has 0 atom stereocenters. The number of fused-ring (bicyclic) bond motifs is 2. The van der Waals surface area contributed by atoms with Crippen molar-refractivity contribution in [3.63, 3.8) is 0 Å². The molecule has 1 aliphatic rings. The van der Waals surface area contributed by atoms with Crippen LogP contribution in [0, 0.1) is 0 Å². The van der Waals surface area contributed by atoms with Crippen molar-refractivity contribution in [1.82, 2.24) is 4.57 Å². The first-order chi connectivity index (χ1) is 12.6. The summed E-state index contributed by atoms with van der Waals surface area (Å²) in [6, 6.07) is 10.7. The summed E-state index contributed by atoms with van der Waals surface area (Å²) in [6.07, 6.45) is 0. The minimum Gasteiger partial charge on any atom is -0.484 e. The number of rotatable bonds is 4. The Labute approximate surface area is 158 Å². The molecule has 0 aliphatic carbocycles. The first-order valence-electron chi connectivity index (χ1n) is 8.03. The van der Waals surface area contributed by atoms with Crippen molar-refractivity contribution in [2.24, 2.45) is 4.99 Å². The summed E-state index contributed by atoms with van der Waals surface area (Å²) in [5.74, 6) is 1.64. The van der Waals surface area contributed by atoms with E-state index in [1.54, 1.807) is 24.3 Å². The minimum absolute atomic E-state index is 0.137. The van der Waals surface area contributed by atoms with Crippen LogP contribution in [0.4, 0.5) is 0 Å². The van der Waals surface area contributed by atoms with Crippen molar-refractivity contribution < 1.29 is 19.0 Å². The Kier molecular flexibility index (Phi) is 4.57. The van der Waals surface area contributed by atoms with Crippen molar-refractivity contribution in [1.29, 1.82) is 0 Å². The van der Waals surface area contributed by atoms with Crippen LogP contribution < -0.4 is 19.0 Å². The molecule has 1 aliphatic heterocycles. The number of aryl methyl sites for hydroxylation is 1. The predicted octanol–water partition coefficient (Wildman–Crippen LogP) is 3.61. The quantitative estimate of drug-likeness (QED) is 0.682. The van der Waals surface area contributed by atoms with Gasteiger partial charge in [0, 0.05) is 23.7 Å². The number of hydrogen-bond donors (Lipinski definition) is 0. The van der Waals surface area contributed by atoms with E-state index in [4.69, 9.17) is 25.8 Å². The molecule has 134 valence electrons. The first kappa shape index (κ1) is 16.9. The lowest BCUT2D eigenvalue weighted by Crippen LogP contribution is -2.18. The van der Waals surface area contributed by atoms with Crippen LogP contribution in [0.15, 0.2) is 41.4 Å². The Hall–Kier alpha value is -2.51. The number of hydrogen-bond acceptors (Lipinski definition) is 5. The van der Waals surface area contributed by atoms with Gasteiger partial charge in [-0.2, -0.15) is 4.99 Å². The molecule has 8 heteroatoms. The third kappa shape index (κ3) is 3.27. The van der Waals surface area contributed by atoms with E-state index in [2.05, 4.69) is 4.99 Å². The van der Waals surface area contributed by atoms with Gasteiger partial charge in [0.25, 0.3) is 5.91 Å². The zero-order valence-corrected chi connectivity index (χ0v) is 15.5. The van der Waals surface area contributed by atoms with E-state index in [-0.39, 0.29) is 19.3 Å². The highest BCUT2D eigenvalue weighted by molar-refractivity contribution is 7.16. The summed E-state index contributed by atoms with van der Waals surface area (Å²) in [7, 11) is 0. The summed E-state index contributed by atoms with van der Waals surface area (Å²) in [5.41, 5.74) is 0.965. The molecule has 1 aromatic heterocycles. The van der Waals surface area contributed by atoms with Crippen LogP contribution in [-0.2, 0) is 11.3 Å². The molecule has 0 N–H and O–H groups in total. The van der Waals surface area contributed by atoms with Gasteiger partial charge in [-0.25, -0.2) is 0 Å². The second-order valence-electron chi connectivity index (χ2n) is 5.55. The number of thiazole rings is 1. The third-order valence-corrected chi connectivity index (χ3v) is 5.18. The van der Waals surface area contributed by atoms with Crippen molar-refractivity contribution in [3.8, 4) is 17.2 Å². The molecule has 0 fully saturated rings. The average molecular weight is 391 g/mol. The van der Waals surface area contributed by atoms with E-state index in [0.29, 0.717) is 33.6 Å². The number of aromatic nitrogens is 1. The van der Waals surface area contributed by atoms with Gasteiger partial charge in [0.15, 0.2) is 22.9 Å². The smallest absolute Gasteiger partial charge is 0.286 e. The number of amides is 1. The molecule has 1 amide bonds. The number of nitrogens with zero attached hydrogens (tertiary/aromatic N) is 2. The van der Waals surface area contributed by atoms with Crippen LogP contribution in [0.2, 0.25) is 5.02 Å². The summed E-state index contributed by atoms with van der Waals surface area (Å²) in [4.78, 5) is 17.1. The Morgan fingerprint density at radius 1 is 1.27 bits per heavy atom. The summed E-state index contributed by atoms with van der Waals surface area (Å²) in [5, 5.41) is 0.613. The fraction of sp³-hybridized carbons (Fsp3) is 0.222. The maximum absolute atomic E-state index is 12.2. The second kappa shape index (κ2) is 7.01. The van der Waals surface area contributed by atoms with Gasteiger partial charge < -0.3 is 18.8 Å². The topological polar surface area (TPSA) is 62.1 Å². The minimum atomic E-state index is -0.353. The monoisotopic (exact) mass is 390 g/mol. The lowest BCUT2D eigenvalue weighted by Gasteiger charge is -2.03. The lowest BCUT2D eigenvalue weighted by atomic mass is 10.3. The molecule has 4 rings (SSSR count). The molecule has 0 unspecified atom stereocenters. The van der Waals surface area contributed by atoms with Crippen LogP contribution in [0.25, 0.3) is 10.2 Å². The summed E-state index contributed by atoms with van der Waals surface area (Å²) in [6.45, 7) is 2.78. The molecule has 0 bridgehead atoms. The van der Waals surface area contributed by atoms with Crippen molar-refractivity contribution in [2.75, 3.05) is 13.4 Å². The van der Waals surface area contributed by atoms with Gasteiger partial charge in [-0.1, -0.05) is 22.9 Å². The molecule has 0 spiro atoms. The average Bonchev–Trinajstić information content (AvgIpc) is 3.22. The van der Waals surface area contributed by atoms with E-state index in [9.17, 15) is 4.79 Å². The SMILES string of the molecule is CCn1c(=NC(=O)COc2ccc(Cl)cc2)sc2cc3c(cc21)OCO3. The van der Waals surface area contributed by atoms with Crippen LogP contribution in [0.5, 0.6) is 17.2 Å². The molecule has 6 nitrogen and oxygen atoms in total. The van der Waals surface area contributed by atoms with Crippen LogP contribution in [0.1, 0.15) is 6.92 Å². The number of ether oxygens (including phenoxy) is 3. The maximum Gasteiger partial charge on any atom is 0.286 e. The Balaban J connectivity index is 1.60. The molecular weight excluding hydrogens is 376 g/mol.